The molecule has 1 aliphatic heterocycles. The number of rotatable bonds is 3. The fourth-order valence-corrected chi connectivity index (χ4v) is 3.53. The highest BCUT2D eigenvalue weighted by molar-refractivity contribution is 7.10. The Hall–Kier alpha value is -0.520. The summed E-state index contributed by atoms with van der Waals surface area (Å²) in [7, 11) is 2.14. The first-order valence-electron chi connectivity index (χ1n) is 6.45. The molecule has 1 aliphatic rings. The van der Waals surface area contributed by atoms with E-state index in [2.05, 4.69) is 57.7 Å². The maximum Gasteiger partial charge on any atom is 0.0850 e. The van der Waals surface area contributed by atoms with Crippen LogP contribution in [0.5, 0.6) is 0 Å². The highest BCUT2D eigenvalue weighted by atomic mass is 35.5. The van der Waals surface area contributed by atoms with Crippen LogP contribution in [-0.4, -0.2) is 35.6 Å². The first-order valence-corrected chi connectivity index (χ1v) is 7.33. The molecule has 2 aromatic heterocycles. The number of piperazine rings is 1. The van der Waals surface area contributed by atoms with Crippen LogP contribution in [0.3, 0.4) is 0 Å². The van der Waals surface area contributed by atoms with Crippen LogP contribution in [0.25, 0.3) is 0 Å². The first-order chi connectivity index (χ1) is 8.86. The van der Waals surface area contributed by atoms with Crippen molar-refractivity contribution < 1.29 is 0 Å². The van der Waals surface area contributed by atoms with Crippen molar-refractivity contribution in [2.24, 2.45) is 7.05 Å². The van der Waals surface area contributed by atoms with E-state index in [4.69, 9.17) is 0 Å². The van der Waals surface area contributed by atoms with E-state index in [-0.39, 0.29) is 24.8 Å². The summed E-state index contributed by atoms with van der Waals surface area (Å²) in [6.07, 6.45) is 2.14. The second-order valence-corrected chi connectivity index (χ2v) is 5.73. The van der Waals surface area contributed by atoms with Gasteiger partial charge in [0.2, 0.25) is 0 Å². The fraction of sp³-hybridized carbons (Fsp3) is 0.429. The molecule has 0 radical (unpaired) electrons. The van der Waals surface area contributed by atoms with Gasteiger partial charge in [0.05, 0.1) is 6.04 Å². The van der Waals surface area contributed by atoms with E-state index in [9.17, 15) is 0 Å². The maximum atomic E-state index is 3.43. The molecule has 1 N–H and O–H groups in total. The van der Waals surface area contributed by atoms with Gasteiger partial charge in [-0.05, 0) is 23.6 Å². The second-order valence-electron chi connectivity index (χ2n) is 4.75. The van der Waals surface area contributed by atoms with Crippen molar-refractivity contribution in [2.75, 3.05) is 26.2 Å². The minimum atomic E-state index is 0. The van der Waals surface area contributed by atoms with Gasteiger partial charge < -0.3 is 9.88 Å². The highest BCUT2D eigenvalue weighted by Crippen LogP contribution is 2.31. The van der Waals surface area contributed by atoms with Gasteiger partial charge in [0.15, 0.2) is 0 Å². The number of thiophene rings is 1. The van der Waals surface area contributed by atoms with E-state index in [0.717, 1.165) is 26.2 Å². The van der Waals surface area contributed by atoms with Crippen LogP contribution in [0.4, 0.5) is 0 Å². The Labute approximate surface area is 136 Å². The second kappa shape index (κ2) is 8.05. The third-order valence-electron chi connectivity index (χ3n) is 3.59. The first kappa shape index (κ1) is 17.5. The van der Waals surface area contributed by atoms with E-state index in [0.29, 0.717) is 6.04 Å². The average molecular weight is 334 g/mol. The van der Waals surface area contributed by atoms with Gasteiger partial charge in [0.1, 0.15) is 0 Å². The summed E-state index contributed by atoms with van der Waals surface area (Å²) in [4.78, 5) is 4.02. The molecule has 1 saturated heterocycles. The van der Waals surface area contributed by atoms with Crippen molar-refractivity contribution >= 4 is 36.2 Å². The van der Waals surface area contributed by atoms with Crippen LogP contribution in [0.15, 0.2) is 35.8 Å². The third kappa shape index (κ3) is 3.57. The number of aryl methyl sites for hydroxylation is 1. The zero-order valence-electron chi connectivity index (χ0n) is 11.5. The van der Waals surface area contributed by atoms with Crippen molar-refractivity contribution in [2.45, 2.75) is 6.04 Å². The lowest BCUT2D eigenvalue weighted by molar-refractivity contribution is 0.195. The van der Waals surface area contributed by atoms with Gasteiger partial charge >= 0.3 is 0 Å². The fourth-order valence-electron chi connectivity index (χ4n) is 2.66. The summed E-state index contributed by atoms with van der Waals surface area (Å²) < 4.78 is 2.24. The van der Waals surface area contributed by atoms with Crippen LogP contribution in [0.1, 0.15) is 16.6 Å². The number of hydrogen-bond donors (Lipinski definition) is 1. The van der Waals surface area contributed by atoms with Crippen molar-refractivity contribution in [1.29, 1.82) is 0 Å². The van der Waals surface area contributed by atoms with Gasteiger partial charge in [-0.15, -0.1) is 36.2 Å². The summed E-state index contributed by atoms with van der Waals surface area (Å²) in [5.41, 5.74) is 1.39. The van der Waals surface area contributed by atoms with Gasteiger partial charge in [-0.25, -0.2) is 0 Å². The third-order valence-corrected chi connectivity index (χ3v) is 4.52. The predicted octanol–water partition coefficient (Wildman–Crippen LogP) is 2.92. The molecular formula is C14H21Cl2N3S. The zero-order valence-corrected chi connectivity index (χ0v) is 13.9. The molecule has 0 bridgehead atoms. The van der Waals surface area contributed by atoms with E-state index >= 15 is 0 Å². The largest absolute Gasteiger partial charge is 0.353 e. The molecule has 112 valence electrons. The molecular weight excluding hydrogens is 313 g/mol. The van der Waals surface area contributed by atoms with Crippen molar-refractivity contribution in [3.05, 3.63) is 46.4 Å². The van der Waals surface area contributed by atoms with Crippen molar-refractivity contribution in [3.8, 4) is 0 Å². The Balaban J connectivity index is 0.000001000. The Bertz CT molecular complexity index is 492. The number of hydrogen-bond acceptors (Lipinski definition) is 3. The Morgan fingerprint density at radius 3 is 2.45 bits per heavy atom. The monoisotopic (exact) mass is 333 g/mol. The lowest BCUT2D eigenvalue weighted by Gasteiger charge is -2.34. The number of nitrogens with one attached hydrogen (secondary N) is 1. The normalized spacial score (nSPS) is 17.1. The molecule has 6 heteroatoms. The van der Waals surface area contributed by atoms with E-state index in [1.165, 1.54) is 10.6 Å². The minimum absolute atomic E-state index is 0. The lowest BCUT2D eigenvalue weighted by atomic mass is 10.1. The molecule has 3 nitrogen and oxygen atoms in total. The standard InChI is InChI=1S/C14H19N3S.2ClH/c1-16-8-2-4-12(16)14(13-5-3-11-18-13)17-9-6-15-7-10-17;;/h2-5,8,11,14-15H,6-7,9-10H2,1H3;2*1H/t14-;;/m1../s1. The predicted molar refractivity (Wildman–Crippen MR) is 90.5 cm³/mol. The number of aromatic nitrogens is 1. The molecule has 1 fully saturated rings. The van der Waals surface area contributed by atoms with Crippen LogP contribution in [0, 0.1) is 0 Å². The molecule has 20 heavy (non-hydrogen) atoms. The summed E-state index contributed by atoms with van der Waals surface area (Å²) >= 11 is 1.86. The molecule has 1 atom stereocenters. The molecule has 0 unspecified atom stereocenters. The van der Waals surface area contributed by atoms with Crippen LogP contribution in [-0.2, 0) is 7.05 Å². The highest BCUT2D eigenvalue weighted by Gasteiger charge is 2.26. The van der Waals surface area contributed by atoms with Crippen LogP contribution < -0.4 is 5.32 Å². The summed E-state index contributed by atoms with van der Waals surface area (Å²) in [5, 5.41) is 5.60. The lowest BCUT2D eigenvalue weighted by Crippen LogP contribution is -2.45. The van der Waals surface area contributed by atoms with Gasteiger partial charge in [0, 0.05) is 50.0 Å². The van der Waals surface area contributed by atoms with Gasteiger partial charge in [-0.2, -0.15) is 0 Å². The molecule has 0 saturated carbocycles. The zero-order chi connectivity index (χ0) is 12.4. The minimum Gasteiger partial charge on any atom is -0.353 e. The maximum absolute atomic E-state index is 3.43. The molecule has 0 spiro atoms. The molecule has 0 amide bonds. The smallest absolute Gasteiger partial charge is 0.0850 e. The topological polar surface area (TPSA) is 20.2 Å². The molecule has 3 heterocycles. The van der Waals surface area contributed by atoms with Gasteiger partial charge in [-0.1, -0.05) is 6.07 Å². The van der Waals surface area contributed by atoms with Crippen LogP contribution in [0.2, 0.25) is 0 Å². The van der Waals surface area contributed by atoms with Gasteiger partial charge in [-0.3, -0.25) is 4.90 Å². The van der Waals surface area contributed by atoms with Gasteiger partial charge in [0.25, 0.3) is 0 Å². The molecule has 3 rings (SSSR count). The Morgan fingerprint density at radius 1 is 1.15 bits per heavy atom. The summed E-state index contributed by atoms with van der Waals surface area (Å²) in [5.74, 6) is 0. The quantitative estimate of drug-likeness (QED) is 0.931. The number of nitrogens with zero attached hydrogens (tertiary/aromatic N) is 2. The van der Waals surface area contributed by atoms with Crippen molar-refractivity contribution in [3.63, 3.8) is 0 Å². The van der Waals surface area contributed by atoms with E-state index in [1.54, 1.807) is 0 Å². The van der Waals surface area contributed by atoms with E-state index in [1.807, 2.05) is 11.3 Å². The molecule has 0 aliphatic carbocycles. The SMILES string of the molecule is Cl.Cl.Cn1cccc1[C@H](c1cccs1)N1CCNCC1. The Morgan fingerprint density at radius 2 is 1.90 bits per heavy atom. The Kier molecular flexibility index (Phi) is 7.06. The summed E-state index contributed by atoms with van der Waals surface area (Å²) in [6.45, 7) is 4.42. The molecule has 2 aromatic rings. The number of halogens is 2. The average Bonchev–Trinajstić information content (AvgIpc) is 3.05. The van der Waals surface area contributed by atoms with Crippen molar-refractivity contribution in [1.82, 2.24) is 14.8 Å². The molecule has 0 aromatic carbocycles. The summed E-state index contributed by atoms with van der Waals surface area (Å²) in [6, 6.07) is 9.19. The van der Waals surface area contributed by atoms with E-state index < -0.39 is 0 Å². The van der Waals surface area contributed by atoms with Crippen LogP contribution >= 0.6 is 36.2 Å².